The Balaban J connectivity index is 2.07. The fraction of sp³-hybridized carbons (Fsp3) is 0.381. The average molecular weight is 355 g/mol. The monoisotopic (exact) mass is 355 g/mol. The summed E-state index contributed by atoms with van der Waals surface area (Å²) in [5.41, 5.74) is 1.30. The van der Waals surface area contributed by atoms with Gasteiger partial charge in [-0.25, -0.2) is 4.79 Å². The minimum absolute atomic E-state index is 0.294. The van der Waals surface area contributed by atoms with Crippen LogP contribution in [-0.2, 0) is 14.3 Å². The van der Waals surface area contributed by atoms with Crippen molar-refractivity contribution in [2.75, 3.05) is 18.6 Å². The number of carbonyl (C=O) groups is 1. The second kappa shape index (κ2) is 7.38. The maximum atomic E-state index is 12.6. The number of rotatable bonds is 5. The van der Waals surface area contributed by atoms with Crippen LogP contribution in [-0.4, -0.2) is 31.5 Å². The third kappa shape index (κ3) is 3.40. The standard InChI is InChI=1S/C21H25NO4/c1-5-25-20(23)19-18(15-11-13-17(24-4)14-12-15)22(21(2,3)26-19)16-9-7-6-8-10-16/h6-14,18-19H,5H2,1-4H3/t18-,19-/m1/s1. The summed E-state index contributed by atoms with van der Waals surface area (Å²) in [5, 5.41) is 0. The highest BCUT2D eigenvalue weighted by Crippen LogP contribution is 2.45. The number of ether oxygens (including phenoxy) is 3. The Bertz CT molecular complexity index is 742. The summed E-state index contributed by atoms with van der Waals surface area (Å²) >= 11 is 0. The highest BCUT2D eigenvalue weighted by atomic mass is 16.6. The van der Waals surface area contributed by atoms with Gasteiger partial charge in [-0.15, -0.1) is 0 Å². The van der Waals surface area contributed by atoms with Crippen LogP contribution in [0.4, 0.5) is 5.69 Å². The molecule has 0 aromatic heterocycles. The molecule has 0 unspecified atom stereocenters. The van der Waals surface area contributed by atoms with Crippen molar-refractivity contribution in [2.45, 2.75) is 38.6 Å². The maximum Gasteiger partial charge on any atom is 0.337 e. The number of para-hydroxylation sites is 1. The second-order valence-electron chi connectivity index (χ2n) is 6.66. The number of methoxy groups -OCH3 is 1. The van der Waals surface area contributed by atoms with E-state index in [9.17, 15) is 4.79 Å². The molecular formula is C21H25NO4. The molecule has 1 saturated heterocycles. The van der Waals surface area contributed by atoms with Crippen LogP contribution in [0, 0.1) is 0 Å². The highest BCUT2D eigenvalue weighted by Gasteiger charge is 2.51. The molecule has 5 nitrogen and oxygen atoms in total. The normalized spacial score (nSPS) is 21.5. The zero-order valence-corrected chi connectivity index (χ0v) is 15.6. The van der Waals surface area contributed by atoms with Crippen LogP contribution < -0.4 is 9.64 Å². The predicted molar refractivity (Wildman–Crippen MR) is 100 cm³/mol. The molecule has 1 fully saturated rings. The summed E-state index contributed by atoms with van der Waals surface area (Å²) in [6.45, 7) is 6.06. The van der Waals surface area contributed by atoms with Gasteiger partial charge in [0.2, 0.25) is 0 Å². The van der Waals surface area contributed by atoms with Crippen LogP contribution in [0.1, 0.15) is 32.4 Å². The lowest BCUT2D eigenvalue weighted by Crippen LogP contribution is -2.40. The molecule has 3 rings (SSSR count). The van der Waals surface area contributed by atoms with E-state index in [1.165, 1.54) is 0 Å². The van der Waals surface area contributed by atoms with E-state index in [-0.39, 0.29) is 12.0 Å². The molecule has 138 valence electrons. The molecule has 0 bridgehead atoms. The Kier molecular flexibility index (Phi) is 5.18. The lowest BCUT2D eigenvalue weighted by molar-refractivity contribution is -0.159. The van der Waals surface area contributed by atoms with Gasteiger partial charge in [0, 0.05) is 5.69 Å². The molecule has 26 heavy (non-hydrogen) atoms. The molecule has 0 radical (unpaired) electrons. The van der Waals surface area contributed by atoms with Gasteiger partial charge in [-0.1, -0.05) is 30.3 Å². The van der Waals surface area contributed by atoms with Gasteiger partial charge in [-0.05, 0) is 50.6 Å². The zero-order valence-electron chi connectivity index (χ0n) is 15.6. The van der Waals surface area contributed by atoms with Gasteiger partial charge in [-0.3, -0.25) is 0 Å². The molecule has 0 aliphatic carbocycles. The Labute approximate surface area is 154 Å². The van der Waals surface area contributed by atoms with E-state index in [1.54, 1.807) is 14.0 Å². The van der Waals surface area contributed by atoms with Crippen molar-refractivity contribution in [1.29, 1.82) is 0 Å². The minimum Gasteiger partial charge on any atom is -0.497 e. The van der Waals surface area contributed by atoms with Crippen LogP contribution in [0.3, 0.4) is 0 Å². The molecular weight excluding hydrogens is 330 g/mol. The lowest BCUT2D eigenvalue weighted by atomic mass is 9.99. The van der Waals surface area contributed by atoms with Crippen molar-refractivity contribution < 1.29 is 19.0 Å². The SMILES string of the molecule is CCOC(=O)[C@@H]1OC(C)(C)N(c2ccccc2)[C@@H]1c1ccc(OC)cc1. The van der Waals surface area contributed by atoms with Gasteiger partial charge in [0.05, 0.1) is 19.8 Å². The van der Waals surface area contributed by atoms with Crippen LogP contribution in [0.2, 0.25) is 0 Å². The fourth-order valence-electron chi connectivity index (χ4n) is 3.49. The van der Waals surface area contributed by atoms with Crippen molar-refractivity contribution in [2.24, 2.45) is 0 Å². The lowest BCUT2D eigenvalue weighted by Gasteiger charge is -2.36. The second-order valence-corrected chi connectivity index (χ2v) is 6.66. The molecule has 0 saturated carbocycles. The van der Waals surface area contributed by atoms with Gasteiger partial charge in [0.15, 0.2) is 6.10 Å². The fourth-order valence-corrected chi connectivity index (χ4v) is 3.49. The minimum atomic E-state index is -0.710. The number of anilines is 1. The van der Waals surface area contributed by atoms with Gasteiger partial charge >= 0.3 is 5.97 Å². The van der Waals surface area contributed by atoms with Crippen molar-refractivity contribution >= 4 is 11.7 Å². The third-order valence-corrected chi connectivity index (χ3v) is 4.57. The summed E-state index contributed by atoms with van der Waals surface area (Å²) in [5.74, 6) is 0.422. The van der Waals surface area contributed by atoms with E-state index >= 15 is 0 Å². The largest absolute Gasteiger partial charge is 0.497 e. The number of hydrogen-bond acceptors (Lipinski definition) is 5. The molecule has 2 aromatic carbocycles. The molecule has 1 heterocycles. The number of carbonyl (C=O) groups excluding carboxylic acids is 1. The Morgan fingerprint density at radius 3 is 2.35 bits per heavy atom. The molecule has 1 aliphatic rings. The number of hydrogen-bond donors (Lipinski definition) is 0. The summed E-state index contributed by atoms with van der Waals surface area (Å²) in [4.78, 5) is 14.8. The first kappa shape index (κ1) is 18.3. The summed E-state index contributed by atoms with van der Waals surface area (Å²) in [7, 11) is 1.63. The molecule has 2 aromatic rings. The number of esters is 1. The van der Waals surface area contributed by atoms with Crippen LogP contribution in [0.25, 0.3) is 0 Å². The number of nitrogens with zero attached hydrogens (tertiary/aromatic N) is 1. The Morgan fingerprint density at radius 1 is 1.12 bits per heavy atom. The van der Waals surface area contributed by atoms with Crippen molar-refractivity contribution in [3.63, 3.8) is 0 Å². The Morgan fingerprint density at radius 2 is 1.77 bits per heavy atom. The molecule has 5 heteroatoms. The van der Waals surface area contributed by atoms with Crippen molar-refractivity contribution in [3.05, 3.63) is 60.2 Å². The van der Waals surface area contributed by atoms with Gasteiger partial charge in [-0.2, -0.15) is 0 Å². The van der Waals surface area contributed by atoms with E-state index in [0.29, 0.717) is 6.61 Å². The first-order valence-electron chi connectivity index (χ1n) is 8.80. The topological polar surface area (TPSA) is 48.0 Å². The average Bonchev–Trinajstić information content (AvgIpc) is 2.94. The molecule has 0 N–H and O–H groups in total. The zero-order chi connectivity index (χ0) is 18.7. The first-order chi connectivity index (χ1) is 12.5. The van der Waals surface area contributed by atoms with Crippen molar-refractivity contribution in [1.82, 2.24) is 0 Å². The van der Waals surface area contributed by atoms with Gasteiger partial charge < -0.3 is 19.1 Å². The third-order valence-electron chi connectivity index (χ3n) is 4.57. The quantitative estimate of drug-likeness (QED) is 0.760. The van der Waals surface area contributed by atoms with E-state index in [2.05, 4.69) is 4.90 Å². The van der Waals surface area contributed by atoms with E-state index in [0.717, 1.165) is 17.0 Å². The number of benzene rings is 2. The van der Waals surface area contributed by atoms with E-state index in [4.69, 9.17) is 14.2 Å². The Hall–Kier alpha value is -2.53. The summed E-state index contributed by atoms with van der Waals surface area (Å²) < 4.78 is 16.7. The molecule has 0 spiro atoms. The van der Waals surface area contributed by atoms with Crippen LogP contribution in [0.15, 0.2) is 54.6 Å². The van der Waals surface area contributed by atoms with E-state index in [1.807, 2.05) is 68.4 Å². The van der Waals surface area contributed by atoms with Gasteiger partial charge in [0.25, 0.3) is 0 Å². The molecule has 0 amide bonds. The molecule has 2 atom stereocenters. The van der Waals surface area contributed by atoms with Gasteiger partial charge in [0.1, 0.15) is 11.5 Å². The highest BCUT2D eigenvalue weighted by molar-refractivity contribution is 5.78. The van der Waals surface area contributed by atoms with E-state index < -0.39 is 11.8 Å². The van der Waals surface area contributed by atoms with Crippen LogP contribution >= 0.6 is 0 Å². The maximum absolute atomic E-state index is 12.6. The summed E-state index contributed by atoms with van der Waals surface area (Å²) in [6, 6.07) is 17.4. The first-order valence-corrected chi connectivity index (χ1v) is 8.80. The van der Waals surface area contributed by atoms with Crippen molar-refractivity contribution in [3.8, 4) is 5.75 Å². The van der Waals surface area contributed by atoms with Crippen LogP contribution in [0.5, 0.6) is 5.75 Å². The predicted octanol–water partition coefficient (Wildman–Crippen LogP) is 3.94. The smallest absolute Gasteiger partial charge is 0.337 e. The summed E-state index contributed by atoms with van der Waals surface area (Å²) in [6.07, 6.45) is -0.710. The molecule has 1 aliphatic heterocycles.